The summed E-state index contributed by atoms with van der Waals surface area (Å²) < 4.78 is 29.3. The van der Waals surface area contributed by atoms with Crippen molar-refractivity contribution in [1.82, 2.24) is 14.2 Å². The van der Waals surface area contributed by atoms with Gasteiger partial charge in [0.2, 0.25) is 10.0 Å². The lowest BCUT2D eigenvalue weighted by Gasteiger charge is -2.20. The van der Waals surface area contributed by atoms with E-state index in [1.54, 1.807) is 16.4 Å². The molecule has 1 saturated heterocycles. The summed E-state index contributed by atoms with van der Waals surface area (Å²) in [5.74, 6) is -0.121. The first kappa shape index (κ1) is 22.3. The molecule has 0 bridgehead atoms. The van der Waals surface area contributed by atoms with Crippen LogP contribution in [0.25, 0.3) is 5.69 Å². The van der Waals surface area contributed by atoms with Crippen molar-refractivity contribution in [2.45, 2.75) is 37.0 Å². The molecule has 1 N–H and O–H groups in total. The fraction of sp³-hybridized carbons (Fsp3) is 0.320. The van der Waals surface area contributed by atoms with E-state index >= 15 is 0 Å². The zero-order chi connectivity index (χ0) is 22.4. The molecule has 2 heterocycles. The van der Waals surface area contributed by atoms with Gasteiger partial charge in [0.25, 0.3) is 5.91 Å². The van der Waals surface area contributed by atoms with Crippen LogP contribution in [-0.4, -0.2) is 42.8 Å². The summed E-state index contributed by atoms with van der Waals surface area (Å²) >= 11 is 0. The highest BCUT2D eigenvalue weighted by Gasteiger charge is 2.24. The van der Waals surface area contributed by atoms with Crippen LogP contribution in [0, 0.1) is 0 Å². The number of hydrogen-bond donors (Lipinski definition) is 1. The van der Waals surface area contributed by atoms with Crippen LogP contribution in [0.5, 0.6) is 0 Å². The summed E-state index contributed by atoms with van der Waals surface area (Å²) in [6.45, 7) is 1.68. The van der Waals surface area contributed by atoms with Crippen LogP contribution in [-0.2, 0) is 16.4 Å². The van der Waals surface area contributed by atoms with Gasteiger partial charge in [-0.25, -0.2) is 8.42 Å². The van der Waals surface area contributed by atoms with Gasteiger partial charge < -0.3 is 9.88 Å². The summed E-state index contributed by atoms with van der Waals surface area (Å²) in [7, 11) is -3.43. The molecule has 168 valence electrons. The van der Waals surface area contributed by atoms with Crippen LogP contribution < -0.4 is 5.32 Å². The normalized spacial score (nSPS) is 15.2. The Morgan fingerprint density at radius 3 is 2.09 bits per heavy atom. The third-order valence-electron chi connectivity index (χ3n) is 5.86. The Morgan fingerprint density at radius 2 is 1.47 bits per heavy atom. The number of aromatic nitrogens is 1. The first-order chi connectivity index (χ1) is 15.5. The highest BCUT2D eigenvalue weighted by molar-refractivity contribution is 7.89. The van der Waals surface area contributed by atoms with E-state index in [-0.39, 0.29) is 5.91 Å². The lowest BCUT2D eigenvalue weighted by atomic mass is 10.1. The number of amides is 1. The number of carbonyl (C=O) groups excluding carboxylic acids is 1. The molecule has 0 spiro atoms. The Kier molecular flexibility index (Phi) is 7.07. The van der Waals surface area contributed by atoms with Gasteiger partial charge in [-0.05, 0) is 73.4 Å². The fourth-order valence-electron chi connectivity index (χ4n) is 3.97. The second-order valence-electron chi connectivity index (χ2n) is 8.11. The standard InChI is InChI=1S/C25H29N3O3S/c29-25(22-9-11-23(12-10-22)27-17-5-6-18-27)26-16-15-21-7-13-24(14-8-21)32(30,31)28-19-3-1-2-4-20-28/h5-14,17-18H,1-4,15-16,19-20H2,(H,26,29). The van der Waals surface area contributed by atoms with Crippen molar-refractivity contribution in [3.8, 4) is 5.69 Å². The molecule has 1 aromatic heterocycles. The second kappa shape index (κ2) is 10.1. The average Bonchev–Trinajstić information content (AvgIpc) is 3.21. The molecule has 7 heteroatoms. The van der Waals surface area contributed by atoms with Crippen LogP contribution in [0.4, 0.5) is 0 Å². The van der Waals surface area contributed by atoms with Gasteiger partial charge in [-0.2, -0.15) is 4.31 Å². The molecule has 0 aliphatic carbocycles. The number of carbonyl (C=O) groups is 1. The van der Waals surface area contributed by atoms with Crippen molar-refractivity contribution in [1.29, 1.82) is 0 Å². The topological polar surface area (TPSA) is 71.4 Å². The Morgan fingerprint density at radius 1 is 0.844 bits per heavy atom. The van der Waals surface area contributed by atoms with Gasteiger partial charge in [-0.1, -0.05) is 25.0 Å². The largest absolute Gasteiger partial charge is 0.352 e. The van der Waals surface area contributed by atoms with Crippen LogP contribution in [0.15, 0.2) is 78.0 Å². The SMILES string of the molecule is O=C(NCCc1ccc(S(=O)(=O)N2CCCCCC2)cc1)c1ccc(-n2cccc2)cc1. The van der Waals surface area contributed by atoms with Crippen molar-refractivity contribution in [2.24, 2.45) is 0 Å². The lowest BCUT2D eigenvalue weighted by molar-refractivity contribution is 0.0954. The van der Waals surface area contributed by atoms with E-state index in [0.717, 1.165) is 36.9 Å². The van der Waals surface area contributed by atoms with E-state index in [4.69, 9.17) is 0 Å². The number of rotatable bonds is 7. The van der Waals surface area contributed by atoms with Crippen LogP contribution >= 0.6 is 0 Å². The van der Waals surface area contributed by atoms with Gasteiger partial charge in [-0.3, -0.25) is 4.79 Å². The third kappa shape index (κ3) is 5.29. The molecule has 0 atom stereocenters. The molecule has 1 amide bonds. The molecular formula is C25H29N3O3S. The van der Waals surface area contributed by atoms with Crippen molar-refractivity contribution >= 4 is 15.9 Å². The summed E-state index contributed by atoms with van der Waals surface area (Å²) in [6, 6.07) is 18.4. The maximum Gasteiger partial charge on any atom is 0.251 e. The average molecular weight is 452 g/mol. The van der Waals surface area contributed by atoms with Gasteiger partial charge in [0.1, 0.15) is 0 Å². The quantitative estimate of drug-likeness (QED) is 0.590. The Balaban J connectivity index is 1.30. The predicted octanol–water partition coefficient (Wildman–Crippen LogP) is 4.01. The second-order valence-corrected chi connectivity index (χ2v) is 10.0. The van der Waals surface area contributed by atoms with E-state index in [1.807, 2.05) is 65.5 Å². The van der Waals surface area contributed by atoms with Gasteiger partial charge in [-0.15, -0.1) is 0 Å². The van der Waals surface area contributed by atoms with Crippen molar-refractivity contribution < 1.29 is 13.2 Å². The van der Waals surface area contributed by atoms with E-state index < -0.39 is 10.0 Å². The molecule has 0 radical (unpaired) electrons. The highest BCUT2D eigenvalue weighted by atomic mass is 32.2. The zero-order valence-electron chi connectivity index (χ0n) is 18.1. The van der Waals surface area contributed by atoms with Gasteiger partial charge in [0, 0.05) is 43.3 Å². The van der Waals surface area contributed by atoms with Crippen LogP contribution in [0.1, 0.15) is 41.6 Å². The Labute approximate surface area is 189 Å². The molecule has 1 fully saturated rings. The highest BCUT2D eigenvalue weighted by Crippen LogP contribution is 2.20. The van der Waals surface area contributed by atoms with Crippen molar-refractivity contribution in [2.75, 3.05) is 19.6 Å². The Bertz CT molecular complexity index is 1110. The number of hydrogen-bond acceptors (Lipinski definition) is 3. The maximum absolute atomic E-state index is 12.9. The zero-order valence-corrected chi connectivity index (χ0v) is 18.9. The summed E-state index contributed by atoms with van der Waals surface area (Å²) in [5, 5.41) is 2.93. The van der Waals surface area contributed by atoms with Gasteiger partial charge in [0.05, 0.1) is 4.90 Å². The Hall–Kier alpha value is -2.90. The number of benzene rings is 2. The summed E-state index contributed by atoms with van der Waals surface area (Å²) in [4.78, 5) is 12.8. The maximum atomic E-state index is 12.9. The molecule has 1 aliphatic rings. The molecule has 0 saturated carbocycles. The summed E-state index contributed by atoms with van der Waals surface area (Å²) in [6.07, 6.45) is 8.58. The van der Waals surface area contributed by atoms with Crippen molar-refractivity contribution in [3.63, 3.8) is 0 Å². The first-order valence-electron chi connectivity index (χ1n) is 11.1. The molecule has 32 heavy (non-hydrogen) atoms. The molecule has 4 rings (SSSR count). The molecule has 1 aliphatic heterocycles. The number of nitrogens with zero attached hydrogens (tertiary/aromatic N) is 2. The van der Waals surface area contributed by atoms with E-state index in [9.17, 15) is 13.2 Å². The molecule has 2 aromatic carbocycles. The summed E-state index contributed by atoms with van der Waals surface area (Å²) in [5.41, 5.74) is 2.60. The van der Waals surface area contributed by atoms with E-state index in [0.29, 0.717) is 36.5 Å². The van der Waals surface area contributed by atoms with E-state index in [2.05, 4.69) is 5.32 Å². The number of nitrogens with one attached hydrogen (secondary N) is 1. The molecule has 6 nitrogen and oxygen atoms in total. The van der Waals surface area contributed by atoms with Crippen LogP contribution in [0.3, 0.4) is 0 Å². The first-order valence-corrected chi connectivity index (χ1v) is 12.6. The molecule has 0 unspecified atom stereocenters. The minimum Gasteiger partial charge on any atom is -0.352 e. The predicted molar refractivity (Wildman–Crippen MR) is 125 cm³/mol. The third-order valence-corrected chi connectivity index (χ3v) is 7.77. The van der Waals surface area contributed by atoms with E-state index in [1.165, 1.54) is 0 Å². The lowest BCUT2D eigenvalue weighted by Crippen LogP contribution is -2.31. The smallest absolute Gasteiger partial charge is 0.251 e. The van der Waals surface area contributed by atoms with Gasteiger partial charge in [0.15, 0.2) is 0 Å². The molecule has 3 aromatic rings. The molecular weight excluding hydrogens is 422 g/mol. The van der Waals surface area contributed by atoms with Gasteiger partial charge >= 0.3 is 0 Å². The minimum atomic E-state index is -3.43. The van der Waals surface area contributed by atoms with Crippen molar-refractivity contribution in [3.05, 3.63) is 84.2 Å². The monoisotopic (exact) mass is 451 g/mol. The number of sulfonamides is 1. The van der Waals surface area contributed by atoms with Crippen LogP contribution in [0.2, 0.25) is 0 Å². The minimum absolute atomic E-state index is 0.121. The fourth-order valence-corrected chi connectivity index (χ4v) is 5.49.